The predicted octanol–water partition coefficient (Wildman–Crippen LogP) is 2.25. The number of hydrogen-bond acceptors (Lipinski definition) is 3. The maximum Gasteiger partial charge on any atom is 0.222 e. The summed E-state index contributed by atoms with van der Waals surface area (Å²) in [7, 11) is 0. The van der Waals surface area contributed by atoms with Crippen molar-refractivity contribution >= 4 is 5.95 Å². The van der Waals surface area contributed by atoms with E-state index in [0.29, 0.717) is 0 Å². The molecule has 0 aliphatic carbocycles. The lowest BCUT2D eigenvalue weighted by Crippen LogP contribution is -2.04. The van der Waals surface area contributed by atoms with Crippen molar-refractivity contribution in [1.29, 1.82) is 0 Å². The van der Waals surface area contributed by atoms with Gasteiger partial charge in [0.1, 0.15) is 0 Å². The first-order chi connectivity index (χ1) is 6.36. The molecular weight excluding hydrogens is 162 g/mol. The maximum atomic E-state index is 4.20. The van der Waals surface area contributed by atoms with Gasteiger partial charge in [-0.3, -0.25) is 0 Å². The fourth-order valence-corrected chi connectivity index (χ4v) is 1.01. The van der Waals surface area contributed by atoms with Crippen molar-refractivity contribution in [3.8, 4) is 0 Å². The molecule has 0 amide bonds. The minimum Gasteiger partial charge on any atom is -0.354 e. The highest BCUT2D eigenvalue weighted by atomic mass is 15.1. The summed E-state index contributed by atoms with van der Waals surface area (Å²) < 4.78 is 0. The second kappa shape index (κ2) is 5.51. The van der Waals surface area contributed by atoms with Crippen LogP contribution in [0, 0.1) is 0 Å². The van der Waals surface area contributed by atoms with Crippen molar-refractivity contribution in [2.75, 3.05) is 11.9 Å². The standard InChI is InChI=1S/C10H17N3/c1-3-5-6-11-10-12-7-9(4-2)8-13-10/h7-8H,3-6H2,1-2H3,(H,11,12,13). The van der Waals surface area contributed by atoms with E-state index >= 15 is 0 Å². The van der Waals surface area contributed by atoms with E-state index in [9.17, 15) is 0 Å². The van der Waals surface area contributed by atoms with Crippen LogP contribution in [0.4, 0.5) is 5.95 Å². The summed E-state index contributed by atoms with van der Waals surface area (Å²) in [4.78, 5) is 8.40. The molecule has 72 valence electrons. The molecule has 0 aliphatic rings. The third kappa shape index (κ3) is 3.40. The van der Waals surface area contributed by atoms with Crippen molar-refractivity contribution in [2.45, 2.75) is 33.1 Å². The number of nitrogens with zero attached hydrogens (tertiary/aromatic N) is 2. The zero-order valence-electron chi connectivity index (χ0n) is 8.38. The van der Waals surface area contributed by atoms with Crippen LogP contribution in [0.15, 0.2) is 12.4 Å². The van der Waals surface area contributed by atoms with Crippen LogP contribution in [-0.4, -0.2) is 16.5 Å². The number of aromatic nitrogens is 2. The molecule has 0 fully saturated rings. The SMILES string of the molecule is CCCCNc1ncc(CC)cn1. The Bertz CT molecular complexity index is 230. The number of unbranched alkanes of at least 4 members (excludes halogenated alkanes) is 1. The summed E-state index contributed by atoms with van der Waals surface area (Å²) in [6.07, 6.45) is 7.11. The first-order valence-electron chi connectivity index (χ1n) is 4.91. The Labute approximate surface area is 79.6 Å². The van der Waals surface area contributed by atoms with Crippen LogP contribution in [0.1, 0.15) is 32.3 Å². The van der Waals surface area contributed by atoms with Gasteiger partial charge in [0.25, 0.3) is 0 Å². The molecule has 1 heterocycles. The van der Waals surface area contributed by atoms with Crippen LogP contribution >= 0.6 is 0 Å². The molecule has 1 rings (SSSR count). The summed E-state index contributed by atoms with van der Waals surface area (Å²) in [6.45, 7) is 5.23. The molecule has 0 aliphatic heterocycles. The lowest BCUT2D eigenvalue weighted by Gasteiger charge is -2.03. The van der Waals surface area contributed by atoms with Crippen molar-refractivity contribution in [2.24, 2.45) is 0 Å². The highest BCUT2D eigenvalue weighted by Gasteiger charge is 1.94. The summed E-state index contributed by atoms with van der Waals surface area (Å²) in [5.41, 5.74) is 1.18. The molecule has 0 saturated heterocycles. The lowest BCUT2D eigenvalue weighted by molar-refractivity contribution is 0.825. The molecule has 0 bridgehead atoms. The summed E-state index contributed by atoms with van der Waals surface area (Å²) in [6, 6.07) is 0. The van der Waals surface area contributed by atoms with E-state index in [4.69, 9.17) is 0 Å². The van der Waals surface area contributed by atoms with Crippen LogP contribution in [0.25, 0.3) is 0 Å². The minimum atomic E-state index is 0.741. The van der Waals surface area contributed by atoms with Gasteiger partial charge in [-0.2, -0.15) is 0 Å². The summed E-state index contributed by atoms with van der Waals surface area (Å²) >= 11 is 0. The molecule has 1 aromatic heterocycles. The van der Waals surface area contributed by atoms with Crippen LogP contribution in [0.5, 0.6) is 0 Å². The largest absolute Gasteiger partial charge is 0.354 e. The van der Waals surface area contributed by atoms with Crippen LogP contribution < -0.4 is 5.32 Å². The fraction of sp³-hybridized carbons (Fsp3) is 0.600. The Morgan fingerprint density at radius 3 is 2.46 bits per heavy atom. The summed E-state index contributed by atoms with van der Waals surface area (Å²) in [5.74, 6) is 0.741. The minimum absolute atomic E-state index is 0.741. The molecule has 0 aromatic carbocycles. The molecule has 3 heteroatoms. The molecule has 0 radical (unpaired) electrons. The zero-order valence-corrected chi connectivity index (χ0v) is 8.38. The molecule has 1 aromatic rings. The normalized spacial score (nSPS) is 10.0. The van der Waals surface area contributed by atoms with Gasteiger partial charge in [-0.05, 0) is 18.4 Å². The number of hydrogen-bond donors (Lipinski definition) is 1. The number of aryl methyl sites for hydroxylation is 1. The number of anilines is 1. The lowest BCUT2D eigenvalue weighted by atomic mass is 10.3. The van der Waals surface area contributed by atoms with E-state index in [1.54, 1.807) is 0 Å². The Kier molecular flexibility index (Phi) is 4.23. The van der Waals surface area contributed by atoms with Crippen molar-refractivity contribution in [3.05, 3.63) is 18.0 Å². The smallest absolute Gasteiger partial charge is 0.222 e. The van der Waals surface area contributed by atoms with Crippen molar-refractivity contribution in [3.63, 3.8) is 0 Å². The third-order valence-electron chi connectivity index (χ3n) is 1.93. The van der Waals surface area contributed by atoms with E-state index in [-0.39, 0.29) is 0 Å². The van der Waals surface area contributed by atoms with E-state index < -0.39 is 0 Å². The van der Waals surface area contributed by atoms with Gasteiger partial charge in [0.2, 0.25) is 5.95 Å². The fourth-order valence-electron chi connectivity index (χ4n) is 1.01. The van der Waals surface area contributed by atoms with Gasteiger partial charge >= 0.3 is 0 Å². The third-order valence-corrected chi connectivity index (χ3v) is 1.93. The quantitative estimate of drug-likeness (QED) is 0.704. The van der Waals surface area contributed by atoms with E-state index in [2.05, 4.69) is 29.1 Å². The molecule has 1 N–H and O–H groups in total. The maximum absolute atomic E-state index is 4.20. The highest BCUT2D eigenvalue weighted by Crippen LogP contribution is 2.00. The van der Waals surface area contributed by atoms with Gasteiger partial charge in [-0.1, -0.05) is 20.3 Å². The van der Waals surface area contributed by atoms with E-state index in [1.165, 1.54) is 18.4 Å². The van der Waals surface area contributed by atoms with Gasteiger partial charge in [0.15, 0.2) is 0 Å². The van der Waals surface area contributed by atoms with Crippen LogP contribution in [-0.2, 0) is 6.42 Å². The molecule has 0 unspecified atom stereocenters. The zero-order chi connectivity index (χ0) is 9.52. The Morgan fingerprint density at radius 2 is 1.92 bits per heavy atom. The molecule has 3 nitrogen and oxygen atoms in total. The molecular formula is C10H17N3. The first-order valence-corrected chi connectivity index (χ1v) is 4.91. The van der Waals surface area contributed by atoms with Crippen LogP contribution in [0.2, 0.25) is 0 Å². The second-order valence-electron chi connectivity index (χ2n) is 3.05. The van der Waals surface area contributed by atoms with Gasteiger partial charge in [-0.25, -0.2) is 9.97 Å². The topological polar surface area (TPSA) is 37.8 Å². The summed E-state index contributed by atoms with van der Waals surface area (Å²) in [5, 5.41) is 3.17. The van der Waals surface area contributed by atoms with E-state index in [0.717, 1.165) is 18.9 Å². The van der Waals surface area contributed by atoms with Crippen molar-refractivity contribution in [1.82, 2.24) is 9.97 Å². The molecule has 0 spiro atoms. The molecule has 0 atom stereocenters. The molecule has 13 heavy (non-hydrogen) atoms. The van der Waals surface area contributed by atoms with E-state index in [1.807, 2.05) is 12.4 Å². The highest BCUT2D eigenvalue weighted by molar-refractivity contribution is 5.24. The van der Waals surface area contributed by atoms with Crippen molar-refractivity contribution < 1.29 is 0 Å². The molecule has 0 saturated carbocycles. The monoisotopic (exact) mass is 179 g/mol. The average molecular weight is 179 g/mol. The average Bonchev–Trinajstić information content (AvgIpc) is 2.19. The number of rotatable bonds is 5. The van der Waals surface area contributed by atoms with Crippen LogP contribution in [0.3, 0.4) is 0 Å². The van der Waals surface area contributed by atoms with Gasteiger partial charge in [0.05, 0.1) is 0 Å². The van der Waals surface area contributed by atoms with Gasteiger partial charge < -0.3 is 5.32 Å². The predicted molar refractivity (Wildman–Crippen MR) is 54.8 cm³/mol. The van der Waals surface area contributed by atoms with Gasteiger partial charge in [-0.15, -0.1) is 0 Å². The Morgan fingerprint density at radius 1 is 1.23 bits per heavy atom. The van der Waals surface area contributed by atoms with Gasteiger partial charge in [0, 0.05) is 18.9 Å². The second-order valence-corrected chi connectivity index (χ2v) is 3.05. The Balaban J connectivity index is 2.40. The number of nitrogens with one attached hydrogen (secondary N) is 1. The first kappa shape index (κ1) is 9.96. The Hall–Kier alpha value is -1.12.